The Balaban J connectivity index is 1.80. The Labute approximate surface area is 119 Å². The number of likely N-dealkylation sites (N-methyl/N-ethyl adjacent to an activating group) is 1. The molecule has 5 nitrogen and oxygen atoms in total. The number of benzene rings is 1. The van der Waals surface area contributed by atoms with Crippen LogP contribution in [0.2, 0.25) is 0 Å². The molecule has 6 heteroatoms. The normalized spacial score (nSPS) is 15.1. The van der Waals surface area contributed by atoms with Gasteiger partial charge in [0, 0.05) is 25.9 Å². The van der Waals surface area contributed by atoms with Crippen molar-refractivity contribution in [3.63, 3.8) is 0 Å². The number of nitrogens with one attached hydrogen (secondary N) is 1. The summed E-state index contributed by atoms with van der Waals surface area (Å²) in [5.74, 6) is 0.0975. The van der Waals surface area contributed by atoms with Crippen LogP contribution in [0.15, 0.2) is 29.2 Å². The van der Waals surface area contributed by atoms with Crippen molar-refractivity contribution in [2.75, 3.05) is 19.8 Å². The summed E-state index contributed by atoms with van der Waals surface area (Å²) in [6.45, 7) is 0.856. The van der Waals surface area contributed by atoms with E-state index in [9.17, 15) is 13.2 Å². The molecule has 1 aromatic carbocycles. The van der Waals surface area contributed by atoms with Crippen LogP contribution in [0.25, 0.3) is 0 Å². The maximum atomic E-state index is 11.8. The van der Waals surface area contributed by atoms with Crippen LogP contribution >= 0.6 is 0 Å². The number of carbonyl (C=O) groups is 1. The summed E-state index contributed by atoms with van der Waals surface area (Å²) in [4.78, 5) is 13.9. The summed E-state index contributed by atoms with van der Waals surface area (Å²) < 4.78 is 22.7. The van der Waals surface area contributed by atoms with Crippen molar-refractivity contribution in [1.82, 2.24) is 10.2 Å². The first-order chi connectivity index (χ1) is 9.38. The lowest BCUT2D eigenvalue weighted by Gasteiger charge is -2.16. The zero-order valence-corrected chi connectivity index (χ0v) is 12.6. The maximum Gasteiger partial charge on any atom is 0.236 e. The lowest BCUT2D eigenvalue weighted by Crippen LogP contribution is -2.36. The Kier molecular flexibility index (Phi) is 4.45. The zero-order valence-electron chi connectivity index (χ0n) is 11.8. The van der Waals surface area contributed by atoms with Crippen LogP contribution in [-0.2, 0) is 21.2 Å². The third-order valence-corrected chi connectivity index (χ3v) is 4.57. The van der Waals surface area contributed by atoms with Gasteiger partial charge in [-0.05, 0) is 30.5 Å². The van der Waals surface area contributed by atoms with Crippen LogP contribution in [0.5, 0.6) is 0 Å². The van der Waals surface area contributed by atoms with Gasteiger partial charge in [-0.2, -0.15) is 0 Å². The van der Waals surface area contributed by atoms with Gasteiger partial charge in [0.25, 0.3) is 0 Å². The Morgan fingerprint density at radius 1 is 1.30 bits per heavy atom. The molecule has 1 amide bonds. The first-order valence-corrected chi connectivity index (χ1v) is 8.52. The molecule has 20 heavy (non-hydrogen) atoms. The summed E-state index contributed by atoms with van der Waals surface area (Å²) in [7, 11) is -1.31. The third kappa shape index (κ3) is 4.05. The molecule has 0 aliphatic heterocycles. The van der Waals surface area contributed by atoms with E-state index in [4.69, 9.17) is 0 Å². The fourth-order valence-corrected chi connectivity index (χ4v) is 2.59. The van der Waals surface area contributed by atoms with Crippen molar-refractivity contribution in [1.29, 1.82) is 0 Å². The molecule has 0 spiro atoms. The van der Waals surface area contributed by atoms with Crippen LogP contribution in [-0.4, -0.2) is 45.1 Å². The van der Waals surface area contributed by atoms with Crippen molar-refractivity contribution >= 4 is 15.7 Å². The second-order valence-electron chi connectivity index (χ2n) is 5.26. The molecule has 1 fully saturated rings. The van der Waals surface area contributed by atoms with E-state index in [0.717, 1.165) is 18.4 Å². The first kappa shape index (κ1) is 15.0. The number of hydrogen-bond donors (Lipinski definition) is 1. The highest BCUT2D eigenvalue weighted by Gasteiger charge is 2.28. The topological polar surface area (TPSA) is 66.5 Å². The van der Waals surface area contributed by atoms with E-state index in [-0.39, 0.29) is 5.91 Å². The largest absolute Gasteiger partial charge is 0.342 e. The molecule has 2 rings (SSSR count). The SMILES string of the molecule is CN(C(=O)CNCc1ccc(S(C)(=O)=O)cc1)C1CC1. The molecule has 0 saturated heterocycles. The van der Waals surface area contributed by atoms with E-state index >= 15 is 0 Å². The molecule has 0 heterocycles. The van der Waals surface area contributed by atoms with Crippen LogP contribution in [0, 0.1) is 0 Å². The predicted molar refractivity (Wildman–Crippen MR) is 77.1 cm³/mol. The maximum absolute atomic E-state index is 11.8. The first-order valence-electron chi connectivity index (χ1n) is 6.63. The van der Waals surface area contributed by atoms with Crippen LogP contribution in [0.1, 0.15) is 18.4 Å². The highest BCUT2D eigenvalue weighted by Crippen LogP contribution is 2.25. The lowest BCUT2D eigenvalue weighted by atomic mass is 10.2. The molecule has 1 saturated carbocycles. The number of carbonyl (C=O) groups excluding carboxylic acids is 1. The van der Waals surface area contributed by atoms with Gasteiger partial charge in [-0.1, -0.05) is 12.1 Å². The highest BCUT2D eigenvalue weighted by molar-refractivity contribution is 7.90. The lowest BCUT2D eigenvalue weighted by molar-refractivity contribution is -0.129. The second-order valence-corrected chi connectivity index (χ2v) is 7.27. The smallest absolute Gasteiger partial charge is 0.236 e. The van der Waals surface area contributed by atoms with E-state index in [1.54, 1.807) is 29.2 Å². The molecule has 0 bridgehead atoms. The fraction of sp³-hybridized carbons (Fsp3) is 0.500. The number of nitrogens with zero attached hydrogens (tertiary/aromatic N) is 1. The molecule has 0 atom stereocenters. The van der Waals surface area contributed by atoms with E-state index < -0.39 is 9.84 Å². The van der Waals surface area contributed by atoms with Gasteiger partial charge in [0.05, 0.1) is 11.4 Å². The molecule has 0 aromatic heterocycles. The molecule has 0 radical (unpaired) electrons. The van der Waals surface area contributed by atoms with E-state index in [0.29, 0.717) is 24.0 Å². The molecule has 1 aromatic rings. The quantitative estimate of drug-likeness (QED) is 0.843. The highest BCUT2D eigenvalue weighted by atomic mass is 32.2. The van der Waals surface area contributed by atoms with E-state index in [2.05, 4.69) is 5.32 Å². The number of hydrogen-bond acceptors (Lipinski definition) is 4. The Morgan fingerprint density at radius 2 is 1.90 bits per heavy atom. The van der Waals surface area contributed by atoms with Crippen molar-refractivity contribution in [3.05, 3.63) is 29.8 Å². The van der Waals surface area contributed by atoms with Crippen LogP contribution < -0.4 is 5.32 Å². The number of rotatable bonds is 6. The van der Waals surface area contributed by atoms with Gasteiger partial charge in [-0.15, -0.1) is 0 Å². The average Bonchev–Trinajstić information content (AvgIpc) is 3.21. The van der Waals surface area contributed by atoms with Crippen molar-refractivity contribution in [3.8, 4) is 0 Å². The molecular weight excluding hydrogens is 276 g/mol. The molecule has 1 N–H and O–H groups in total. The summed E-state index contributed by atoms with van der Waals surface area (Å²) in [6.07, 6.45) is 3.40. The van der Waals surface area contributed by atoms with Crippen molar-refractivity contribution < 1.29 is 13.2 Å². The van der Waals surface area contributed by atoms with Crippen molar-refractivity contribution in [2.24, 2.45) is 0 Å². The Morgan fingerprint density at radius 3 is 2.40 bits per heavy atom. The fourth-order valence-electron chi connectivity index (χ4n) is 1.96. The number of amides is 1. The van der Waals surface area contributed by atoms with Gasteiger partial charge in [0.1, 0.15) is 0 Å². The molecule has 1 aliphatic rings. The Hall–Kier alpha value is -1.40. The van der Waals surface area contributed by atoms with Gasteiger partial charge in [0.15, 0.2) is 9.84 Å². The molecular formula is C14H20N2O3S. The number of sulfone groups is 1. The predicted octanol–water partition coefficient (Wildman–Crippen LogP) is 0.800. The third-order valence-electron chi connectivity index (χ3n) is 3.44. The van der Waals surface area contributed by atoms with E-state index in [1.165, 1.54) is 6.26 Å². The van der Waals surface area contributed by atoms with Gasteiger partial charge >= 0.3 is 0 Å². The zero-order chi connectivity index (χ0) is 14.8. The molecule has 1 aliphatic carbocycles. The van der Waals surface area contributed by atoms with Crippen molar-refractivity contribution in [2.45, 2.75) is 30.3 Å². The van der Waals surface area contributed by atoms with Gasteiger partial charge in [0.2, 0.25) is 5.91 Å². The van der Waals surface area contributed by atoms with Gasteiger partial charge in [-0.25, -0.2) is 8.42 Å². The van der Waals surface area contributed by atoms with Crippen LogP contribution in [0.3, 0.4) is 0 Å². The monoisotopic (exact) mass is 296 g/mol. The minimum absolute atomic E-state index is 0.0975. The minimum atomic E-state index is -3.15. The standard InChI is InChI=1S/C14H20N2O3S/c1-16(12-5-6-12)14(17)10-15-9-11-3-7-13(8-4-11)20(2,18)19/h3-4,7-8,12,15H,5-6,9-10H2,1-2H3. The summed E-state index contributed by atoms with van der Waals surface area (Å²) >= 11 is 0. The Bertz CT molecular complexity index is 577. The summed E-state index contributed by atoms with van der Waals surface area (Å²) in [5.41, 5.74) is 0.958. The molecule has 0 unspecified atom stereocenters. The second kappa shape index (κ2) is 5.93. The van der Waals surface area contributed by atoms with E-state index in [1.807, 2.05) is 7.05 Å². The minimum Gasteiger partial charge on any atom is -0.342 e. The summed E-state index contributed by atoms with van der Waals surface area (Å²) in [5, 5.41) is 3.08. The van der Waals surface area contributed by atoms with Crippen LogP contribution in [0.4, 0.5) is 0 Å². The van der Waals surface area contributed by atoms with Gasteiger partial charge in [-0.3, -0.25) is 4.79 Å². The van der Waals surface area contributed by atoms with Gasteiger partial charge < -0.3 is 10.2 Å². The molecule has 110 valence electrons. The average molecular weight is 296 g/mol. The summed E-state index contributed by atoms with van der Waals surface area (Å²) in [6, 6.07) is 7.13.